The largest absolute Gasteiger partial charge is 0.481 e. The molecule has 112 valence electrons. The Morgan fingerprint density at radius 3 is 2.38 bits per heavy atom. The van der Waals surface area contributed by atoms with Crippen LogP contribution in [0.1, 0.15) is 16.8 Å². The minimum atomic E-state index is -0.843. The highest BCUT2D eigenvalue weighted by atomic mass is 35.5. The number of nitrogens with zero attached hydrogens (tertiary/aromatic N) is 2. The molecule has 1 atom stereocenters. The maximum atomic E-state index is 11.5. The summed E-state index contributed by atoms with van der Waals surface area (Å²) in [6, 6.07) is 7.21. The number of benzene rings is 1. The summed E-state index contributed by atoms with van der Waals surface area (Å²) in [6.45, 7) is 1.84. The zero-order chi connectivity index (χ0) is 15.6. The van der Waals surface area contributed by atoms with Crippen LogP contribution in [0.3, 0.4) is 0 Å². The molecule has 4 nitrogen and oxygen atoms in total. The third-order valence-corrected chi connectivity index (χ3v) is 4.19. The van der Waals surface area contributed by atoms with Crippen LogP contribution in [0.2, 0.25) is 10.2 Å². The molecule has 1 aromatic carbocycles. The van der Waals surface area contributed by atoms with Gasteiger partial charge in [-0.3, -0.25) is 9.48 Å². The number of carboxylic acid groups (broad SMARTS) is 1. The van der Waals surface area contributed by atoms with Gasteiger partial charge in [-0.25, -0.2) is 0 Å². The summed E-state index contributed by atoms with van der Waals surface area (Å²) >= 11 is 12.0. The molecule has 6 heteroatoms. The van der Waals surface area contributed by atoms with Crippen molar-refractivity contribution in [2.24, 2.45) is 13.0 Å². The van der Waals surface area contributed by atoms with Crippen LogP contribution >= 0.6 is 23.2 Å². The van der Waals surface area contributed by atoms with Crippen molar-refractivity contribution in [1.29, 1.82) is 0 Å². The first-order valence-corrected chi connectivity index (χ1v) is 7.29. The van der Waals surface area contributed by atoms with Gasteiger partial charge in [0.1, 0.15) is 5.15 Å². The number of hydrogen-bond acceptors (Lipinski definition) is 2. The van der Waals surface area contributed by atoms with Crippen LogP contribution in [0.15, 0.2) is 24.3 Å². The van der Waals surface area contributed by atoms with Crippen molar-refractivity contribution in [1.82, 2.24) is 9.78 Å². The summed E-state index contributed by atoms with van der Waals surface area (Å²) < 4.78 is 1.56. The lowest BCUT2D eigenvalue weighted by Gasteiger charge is -2.12. The van der Waals surface area contributed by atoms with Crippen LogP contribution in [0.5, 0.6) is 0 Å². The molecule has 1 N–H and O–H groups in total. The SMILES string of the molecule is Cc1nn(C)c(Cl)c1CC(Cc1ccc(Cl)cc1)C(=O)O. The number of rotatable bonds is 5. The molecule has 0 saturated carbocycles. The highest BCUT2D eigenvalue weighted by Crippen LogP contribution is 2.24. The molecule has 0 fully saturated rings. The Labute approximate surface area is 133 Å². The Kier molecular flexibility index (Phi) is 4.91. The maximum absolute atomic E-state index is 11.5. The zero-order valence-electron chi connectivity index (χ0n) is 11.8. The Bertz CT molecular complexity index is 650. The first-order chi connectivity index (χ1) is 9.88. The Morgan fingerprint density at radius 1 is 1.29 bits per heavy atom. The van der Waals surface area contributed by atoms with E-state index in [1.165, 1.54) is 0 Å². The number of aromatic nitrogens is 2. The summed E-state index contributed by atoms with van der Waals surface area (Å²) in [5.74, 6) is -1.39. The molecule has 1 heterocycles. The van der Waals surface area contributed by atoms with Crippen LogP contribution in [0, 0.1) is 12.8 Å². The fourth-order valence-corrected chi connectivity index (χ4v) is 2.68. The topological polar surface area (TPSA) is 55.1 Å². The number of aliphatic carboxylic acids is 1. The molecule has 1 unspecified atom stereocenters. The van der Waals surface area contributed by atoms with Crippen molar-refractivity contribution in [3.8, 4) is 0 Å². The Hall–Kier alpha value is -1.52. The molecule has 0 spiro atoms. The van der Waals surface area contributed by atoms with Gasteiger partial charge in [-0.2, -0.15) is 5.10 Å². The van der Waals surface area contributed by atoms with Crippen molar-refractivity contribution >= 4 is 29.2 Å². The molecular formula is C15H16Cl2N2O2. The molecule has 2 aromatic rings. The highest BCUT2D eigenvalue weighted by molar-refractivity contribution is 6.30. The quantitative estimate of drug-likeness (QED) is 0.914. The molecule has 0 aliphatic carbocycles. The van der Waals surface area contributed by atoms with Gasteiger partial charge in [-0.1, -0.05) is 35.3 Å². The molecule has 21 heavy (non-hydrogen) atoms. The van der Waals surface area contributed by atoms with E-state index in [9.17, 15) is 9.90 Å². The average Bonchev–Trinajstić information content (AvgIpc) is 2.66. The van der Waals surface area contributed by atoms with Crippen LogP contribution in [0.4, 0.5) is 0 Å². The lowest BCUT2D eigenvalue weighted by Crippen LogP contribution is -2.19. The third kappa shape index (κ3) is 3.77. The van der Waals surface area contributed by atoms with E-state index in [-0.39, 0.29) is 0 Å². The van der Waals surface area contributed by atoms with Gasteiger partial charge in [-0.05, 0) is 37.5 Å². The van der Waals surface area contributed by atoms with E-state index in [2.05, 4.69) is 5.10 Å². The second-order valence-electron chi connectivity index (χ2n) is 5.05. The van der Waals surface area contributed by atoms with E-state index in [0.29, 0.717) is 23.0 Å². The summed E-state index contributed by atoms with van der Waals surface area (Å²) in [4.78, 5) is 11.5. The van der Waals surface area contributed by atoms with Crippen molar-refractivity contribution in [2.45, 2.75) is 19.8 Å². The van der Waals surface area contributed by atoms with Crippen molar-refractivity contribution in [3.05, 3.63) is 51.3 Å². The van der Waals surface area contributed by atoms with E-state index in [4.69, 9.17) is 23.2 Å². The van der Waals surface area contributed by atoms with E-state index in [0.717, 1.165) is 16.8 Å². The highest BCUT2D eigenvalue weighted by Gasteiger charge is 2.23. The van der Waals surface area contributed by atoms with Gasteiger partial charge < -0.3 is 5.11 Å². The second-order valence-corrected chi connectivity index (χ2v) is 5.84. The van der Waals surface area contributed by atoms with E-state index >= 15 is 0 Å². The van der Waals surface area contributed by atoms with Crippen LogP contribution in [0.25, 0.3) is 0 Å². The van der Waals surface area contributed by atoms with Crippen molar-refractivity contribution in [2.75, 3.05) is 0 Å². The van der Waals surface area contributed by atoms with Crippen molar-refractivity contribution < 1.29 is 9.90 Å². The Morgan fingerprint density at radius 2 is 1.90 bits per heavy atom. The fraction of sp³-hybridized carbons (Fsp3) is 0.333. The molecule has 1 aromatic heterocycles. The number of carbonyl (C=O) groups is 1. The number of carboxylic acids is 1. The van der Waals surface area contributed by atoms with Gasteiger partial charge in [0.2, 0.25) is 0 Å². The molecule has 0 saturated heterocycles. The van der Waals surface area contributed by atoms with Crippen LogP contribution in [-0.4, -0.2) is 20.9 Å². The average molecular weight is 327 g/mol. The van der Waals surface area contributed by atoms with Crippen LogP contribution < -0.4 is 0 Å². The van der Waals surface area contributed by atoms with Gasteiger partial charge >= 0.3 is 5.97 Å². The van der Waals surface area contributed by atoms with E-state index < -0.39 is 11.9 Å². The third-order valence-electron chi connectivity index (χ3n) is 3.46. The van der Waals surface area contributed by atoms with Crippen molar-refractivity contribution in [3.63, 3.8) is 0 Å². The van der Waals surface area contributed by atoms with Gasteiger partial charge in [-0.15, -0.1) is 0 Å². The lowest BCUT2D eigenvalue weighted by atomic mass is 9.93. The van der Waals surface area contributed by atoms with Gasteiger partial charge in [0.25, 0.3) is 0 Å². The minimum absolute atomic E-state index is 0.358. The second kappa shape index (κ2) is 6.50. The van der Waals surface area contributed by atoms with E-state index in [1.807, 2.05) is 19.1 Å². The van der Waals surface area contributed by atoms with Gasteiger partial charge in [0.05, 0.1) is 11.6 Å². The Balaban J connectivity index is 2.20. The predicted molar refractivity (Wildman–Crippen MR) is 82.9 cm³/mol. The van der Waals surface area contributed by atoms with Gasteiger partial charge in [0.15, 0.2) is 0 Å². The monoisotopic (exact) mass is 326 g/mol. The standard InChI is InChI=1S/C15H16Cl2N2O2/c1-9-13(14(17)19(2)18-9)8-11(15(20)21)7-10-3-5-12(16)6-4-10/h3-6,11H,7-8H2,1-2H3,(H,20,21). The molecule has 0 aliphatic rings. The molecule has 0 bridgehead atoms. The number of halogens is 2. The number of hydrogen-bond donors (Lipinski definition) is 1. The van der Waals surface area contributed by atoms with E-state index in [1.54, 1.807) is 23.9 Å². The number of aryl methyl sites for hydroxylation is 2. The fourth-order valence-electron chi connectivity index (χ4n) is 2.30. The summed E-state index contributed by atoms with van der Waals surface area (Å²) in [7, 11) is 1.74. The van der Waals surface area contributed by atoms with Gasteiger partial charge in [0, 0.05) is 17.6 Å². The first-order valence-electron chi connectivity index (χ1n) is 6.53. The summed E-state index contributed by atoms with van der Waals surface area (Å²) in [5, 5.41) is 14.8. The molecule has 2 rings (SSSR count). The maximum Gasteiger partial charge on any atom is 0.307 e. The first kappa shape index (κ1) is 15.9. The molecular weight excluding hydrogens is 311 g/mol. The smallest absolute Gasteiger partial charge is 0.307 e. The van der Waals surface area contributed by atoms with Crippen LogP contribution in [-0.2, 0) is 24.7 Å². The lowest BCUT2D eigenvalue weighted by molar-refractivity contribution is -0.141. The zero-order valence-corrected chi connectivity index (χ0v) is 13.3. The summed E-state index contributed by atoms with van der Waals surface area (Å²) in [5.41, 5.74) is 2.50. The molecule has 0 aliphatic heterocycles. The summed E-state index contributed by atoms with van der Waals surface area (Å²) in [6.07, 6.45) is 0.785. The molecule has 0 amide bonds. The minimum Gasteiger partial charge on any atom is -0.481 e. The normalized spacial score (nSPS) is 12.4. The molecule has 0 radical (unpaired) electrons. The predicted octanol–water partition coefficient (Wildman–Crippen LogP) is 3.52.